The molecule has 1 aliphatic heterocycles. The van der Waals surface area contributed by atoms with Gasteiger partial charge in [0.15, 0.2) is 0 Å². The van der Waals surface area contributed by atoms with Gasteiger partial charge in [-0.2, -0.15) is 4.98 Å². The predicted octanol–water partition coefficient (Wildman–Crippen LogP) is 3.92. The molecule has 0 amide bonds. The molecule has 1 saturated heterocycles. The van der Waals surface area contributed by atoms with E-state index in [1.165, 1.54) is 19.3 Å². The summed E-state index contributed by atoms with van der Waals surface area (Å²) in [4.78, 5) is 11.5. The second kappa shape index (κ2) is 7.31. The molecule has 0 atom stereocenters. The molecule has 3 rings (SSSR count). The zero-order valence-electron chi connectivity index (χ0n) is 13.9. The summed E-state index contributed by atoms with van der Waals surface area (Å²) in [7, 11) is 0. The van der Waals surface area contributed by atoms with Crippen molar-refractivity contribution in [1.82, 2.24) is 9.97 Å². The second-order valence-corrected chi connectivity index (χ2v) is 5.82. The Morgan fingerprint density at radius 3 is 2.52 bits per heavy atom. The van der Waals surface area contributed by atoms with Gasteiger partial charge in [-0.15, -0.1) is 0 Å². The van der Waals surface area contributed by atoms with Gasteiger partial charge in [-0.05, 0) is 57.4 Å². The normalized spacial score (nSPS) is 14.6. The third-order valence-electron chi connectivity index (χ3n) is 3.94. The number of ether oxygens (including phenoxy) is 1. The summed E-state index contributed by atoms with van der Waals surface area (Å²) in [5.41, 5.74) is 1.94. The van der Waals surface area contributed by atoms with E-state index in [1.807, 2.05) is 38.1 Å². The Kier molecular flexibility index (Phi) is 4.95. The first-order valence-electron chi connectivity index (χ1n) is 8.35. The summed E-state index contributed by atoms with van der Waals surface area (Å²) in [6, 6.07) is 9.93. The van der Waals surface area contributed by atoms with Gasteiger partial charge in [-0.25, -0.2) is 4.98 Å². The number of hydrogen-bond acceptors (Lipinski definition) is 5. The lowest BCUT2D eigenvalue weighted by Crippen LogP contribution is -2.30. The van der Waals surface area contributed by atoms with E-state index in [9.17, 15) is 0 Å². The maximum absolute atomic E-state index is 5.46. The van der Waals surface area contributed by atoms with E-state index in [2.05, 4.69) is 26.3 Å². The Labute approximate surface area is 137 Å². The van der Waals surface area contributed by atoms with Gasteiger partial charge in [0.25, 0.3) is 0 Å². The van der Waals surface area contributed by atoms with E-state index in [0.29, 0.717) is 12.6 Å². The number of rotatable bonds is 5. The van der Waals surface area contributed by atoms with Crippen molar-refractivity contribution in [2.75, 3.05) is 29.9 Å². The molecule has 0 unspecified atom stereocenters. The highest BCUT2D eigenvalue weighted by molar-refractivity contribution is 5.56. The molecular weight excluding hydrogens is 288 g/mol. The first kappa shape index (κ1) is 15.6. The van der Waals surface area contributed by atoms with Crippen LogP contribution in [0, 0.1) is 6.92 Å². The van der Waals surface area contributed by atoms with E-state index in [0.717, 1.165) is 36.0 Å². The minimum Gasteiger partial charge on any atom is -0.494 e. The summed E-state index contributed by atoms with van der Waals surface area (Å²) < 4.78 is 5.46. The van der Waals surface area contributed by atoms with Crippen molar-refractivity contribution < 1.29 is 4.74 Å². The number of piperidine rings is 1. The number of aryl methyl sites for hydroxylation is 1. The van der Waals surface area contributed by atoms with Crippen LogP contribution in [0.1, 0.15) is 31.9 Å². The Morgan fingerprint density at radius 1 is 1.09 bits per heavy atom. The maximum atomic E-state index is 5.46. The van der Waals surface area contributed by atoms with Gasteiger partial charge in [-0.3, -0.25) is 0 Å². The quantitative estimate of drug-likeness (QED) is 0.907. The van der Waals surface area contributed by atoms with Crippen molar-refractivity contribution >= 4 is 17.5 Å². The Morgan fingerprint density at radius 2 is 1.83 bits per heavy atom. The molecule has 23 heavy (non-hydrogen) atoms. The smallest absolute Gasteiger partial charge is 0.229 e. The Balaban J connectivity index is 1.75. The number of aromatic nitrogens is 2. The van der Waals surface area contributed by atoms with Crippen LogP contribution in [-0.4, -0.2) is 29.7 Å². The van der Waals surface area contributed by atoms with Gasteiger partial charge in [0.1, 0.15) is 11.6 Å². The molecule has 1 aliphatic rings. The van der Waals surface area contributed by atoms with E-state index in [-0.39, 0.29) is 0 Å². The SMILES string of the molecule is CCOc1ccc(Nc2nc(C)cc(N3CCCCC3)n2)cc1. The standard InChI is InChI=1S/C18H24N4O/c1-3-23-16-9-7-15(8-10-16)20-18-19-14(2)13-17(21-18)22-11-5-4-6-12-22/h7-10,13H,3-6,11-12H2,1-2H3,(H,19,20,21). The second-order valence-electron chi connectivity index (χ2n) is 5.82. The number of benzene rings is 1. The zero-order valence-corrected chi connectivity index (χ0v) is 13.9. The molecule has 5 heteroatoms. The molecule has 0 saturated carbocycles. The fraction of sp³-hybridized carbons (Fsp3) is 0.444. The zero-order chi connectivity index (χ0) is 16.1. The van der Waals surface area contributed by atoms with Crippen LogP contribution >= 0.6 is 0 Å². The highest BCUT2D eigenvalue weighted by Gasteiger charge is 2.13. The molecule has 1 aromatic carbocycles. The van der Waals surface area contributed by atoms with Gasteiger partial charge in [0, 0.05) is 30.5 Å². The Bertz CT molecular complexity index is 636. The minimum absolute atomic E-state index is 0.648. The van der Waals surface area contributed by atoms with Crippen molar-refractivity contribution in [1.29, 1.82) is 0 Å². The molecule has 1 aromatic heterocycles. The molecule has 122 valence electrons. The van der Waals surface area contributed by atoms with Crippen LogP contribution in [0.15, 0.2) is 30.3 Å². The average Bonchev–Trinajstić information content (AvgIpc) is 2.57. The molecule has 0 aliphatic carbocycles. The summed E-state index contributed by atoms with van der Waals surface area (Å²) >= 11 is 0. The summed E-state index contributed by atoms with van der Waals surface area (Å²) in [6.45, 7) is 6.83. The monoisotopic (exact) mass is 312 g/mol. The maximum Gasteiger partial charge on any atom is 0.229 e. The lowest BCUT2D eigenvalue weighted by atomic mass is 10.1. The topological polar surface area (TPSA) is 50.3 Å². The van der Waals surface area contributed by atoms with E-state index in [4.69, 9.17) is 4.74 Å². The van der Waals surface area contributed by atoms with Crippen LogP contribution in [0.2, 0.25) is 0 Å². The highest BCUT2D eigenvalue weighted by Crippen LogP contribution is 2.22. The number of nitrogens with zero attached hydrogens (tertiary/aromatic N) is 3. The van der Waals surface area contributed by atoms with Crippen LogP contribution in [0.25, 0.3) is 0 Å². The van der Waals surface area contributed by atoms with E-state index < -0.39 is 0 Å². The largest absolute Gasteiger partial charge is 0.494 e. The van der Waals surface area contributed by atoms with Crippen LogP contribution in [0.5, 0.6) is 5.75 Å². The minimum atomic E-state index is 0.648. The molecule has 2 heterocycles. The van der Waals surface area contributed by atoms with Crippen molar-refractivity contribution in [3.63, 3.8) is 0 Å². The van der Waals surface area contributed by atoms with E-state index in [1.54, 1.807) is 0 Å². The predicted molar refractivity (Wildman–Crippen MR) is 93.7 cm³/mol. The van der Waals surface area contributed by atoms with Gasteiger partial charge in [0.2, 0.25) is 5.95 Å². The van der Waals surface area contributed by atoms with Gasteiger partial charge >= 0.3 is 0 Å². The molecule has 2 aromatic rings. The summed E-state index contributed by atoms with van der Waals surface area (Å²) in [5.74, 6) is 2.54. The molecular formula is C18H24N4O. The van der Waals surface area contributed by atoms with Crippen molar-refractivity contribution in [2.45, 2.75) is 33.1 Å². The number of nitrogens with one attached hydrogen (secondary N) is 1. The number of hydrogen-bond donors (Lipinski definition) is 1. The summed E-state index contributed by atoms with van der Waals surface area (Å²) in [6.07, 6.45) is 3.80. The Hall–Kier alpha value is -2.30. The average molecular weight is 312 g/mol. The molecule has 1 fully saturated rings. The van der Waals surface area contributed by atoms with E-state index >= 15 is 0 Å². The van der Waals surface area contributed by atoms with Crippen molar-refractivity contribution in [2.24, 2.45) is 0 Å². The van der Waals surface area contributed by atoms with Gasteiger partial charge < -0.3 is 15.0 Å². The molecule has 0 bridgehead atoms. The van der Waals surface area contributed by atoms with Gasteiger partial charge in [-0.1, -0.05) is 0 Å². The van der Waals surface area contributed by atoms with Crippen molar-refractivity contribution in [3.8, 4) is 5.75 Å². The lowest BCUT2D eigenvalue weighted by Gasteiger charge is -2.28. The summed E-state index contributed by atoms with van der Waals surface area (Å²) in [5, 5.41) is 3.29. The molecule has 0 spiro atoms. The fourth-order valence-corrected chi connectivity index (χ4v) is 2.82. The van der Waals surface area contributed by atoms with Crippen LogP contribution < -0.4 is 15.0 Å². The molecule has 0 radical (unpaired) electrons. The first-order chi connectivity index (χ1) is 11.2. The van der Waals surface area contributed by atoms with Gasteiger partial charge in [0.05, 0.1) is 6.61 Å². The fourth-order valence-electron chi connectivity index (χ4n) is 2.82. The molecule has 1 N–H and O–H groups in total. The van der Waals surface area contributed by atoms with Crippen LogP contribution in [0.3, 0.4) is 0 Å². The van der Waals surface area contributed by atoms with Crippen LogP contribution in [0.4, 0.5) is 17.5 Å². The molecule has 5 nitrogen and oxygen atoms in total. The third kappa shape index (κ3) is 4.12. The third-order valence-corrected chi connectivity index (χ3v) is 3.94. The number of anilines is 3. The first-order valence-corrected chi connectivity index (χ1v) is 8.35. The van der Waals surface area contributed by atoms with Crippen molar-refractivity contribution in [3.05, 3.63) is 36.0 Å². The highest BCUT2D eigenvalue weighted by atomic mass is 16.5. The van der Waals surface area contributed by atoms with Crippen LogP contribution in [-0.2, 0) is 0 Å². The lowest BCUT2D eigenvalue weighted by molar-refractivity contribution is 0.340.